The molecule has 1 aromatic carbocycles. The van der Waals surface area contributed by atoms with Crippen LogP contribution in [0.1, 0.15) is 24.8 Å². The summed E-state index contributed by atoms with van der Waals surface area (Å²) < 4.78 is 1.70. The molecule has 0 amide bonds. The highest BCUT2D eigenvalue weighted by molar-refractivity contribution is 6.32. The molecular formula is C14H13ClN2O2. The second kappa shape index (κ2) is 4.38. The lowest BCUT2D eigenvalue weighted by molar-refractivity contribution is -0.137. The molecule has 0 radical (unpaired) electrons. The fourth-order valence-electron chi connectivity index (χ4n) is 2.44. The third-order valence-corrected chi connectivity index (χ3v) is 3.96. The summed E-state index contributed by atoms with van der Waals surface area (Å²) in [6.45, 7) is 0. The second-order valence-corrected chi connectivity index (χ2v) is 5.37. The molecule has 0 saturated heterocycles. The standard InChI is InChI=1S/C14H13ClN2O2/c15-11-8-10(14(4-5-14)9-13(18)19)2-3-12(11)17-7-1-6-16-17/h1-3,6-8H,4-5,9H2,(H,18,19). The summed E-state index contributed by atoms with van der Waals surface area (Å²) in [7, 11) is 0. The van der Waals surface area contributed by atoms with Gasteiger partial charge in [-0.1, -0.05) is 17.7 Å². The summed E-state index contributed by atoms with van der Waals surface area (Å²) in [5.41, 5.74) is 1.61. The van der Waals surface area contributed by atoms with Crippen LogP contribution in [-0.2, 0) is 10.2 Å². The number of nitrogens with zero attached hydrogens (tertiary/aromatic N) is 2. The molecule has 0 unspecified atom stereocenters. The molecule has 5 heteroatoms. The van der Waals surface area contributed by atoms with E-state index in [1.165, 1.54) is 0 Å². The van der Waals surface area contributed by atoms with Crippen LogP contribution in [0, 0.1) is 0 Å². The Morgan fingerprint density at radius 1 is 1.47 bits per heavy atom. The molecule has 0 aliphatic heterocycles. The van der Waals surface area contributed by atoms with Crippen LogP contribution < -0.4 is 0 Å². The second-order valence-electron chi connectivity index (χ2n) is 4.97. The van der Waals surface area contributed by atoms with E-state index in [4.69, 9.17) is 16.7 Å². The molecule has 1 N–H and O–H groups in total. The van der Waals surface area contributed by atoms with Gasteiger partial charge in [-0.05, 0) is 36.6 Å². The van der Waals surface area contributed by atoms with E-state index >= 15 is 0 Å². The van der Waals surface area contributed by atoms with Crippen molar-refractivity contribution in [1.29, 1.82) is 0 Å². The summed E-state index contributed by atoms with van der Waals surface area (Å²) in [6, 6.07) is 7.55. The number of hydrogen-bond acceptors (Lipinski definition) is 2. The van der Waals surface area contributed by atoms with Crippen molar-refractivity contribution >= 4 is 17.6 Å². The van der Waals surface area contributed by atoms with Crippen LogP contribution in [0.5, 0.6) is 0 Å². The molecule has 4 nitrogen and oxygen atoms in total. The van der Waals surface area contributed by atoms with Crippen molar-refractivity contribution in [2.24, 2.45) is 0 Å². The number of carbonyl (C=O) groups is 1. The highest BCUT2D eigenvalue weighted by atomic mass is 35.5. The van der Waals surface area contributed by atoms with Crippen LogP contribution in [0.4, 0.5) is 0 Å². The quantitative estimate of drug-likeness (QED) is 0.934. The molecule has 1 fully saturated rings. The zero-order chi connectivity index (χ0) is 13.5. The topological polar surface area (TPSA) is 55.1 Å². The summed E-state index contributed by atoms with van der Waals surface area (Å²) in [5.74, 6) is -0.759. The van der Waals surface area contributed by atoms with E-state index in [1.54, 1.807) is 10.9 Å². The minimum Gasteiger partial charge on any atom is -0.481 e. The number of aliphatic carboxylic acids is 1. The monoisotopic (exact) mass is 276 g/mol. The molecule has 0 atom stereocenters. The first-order chi connectivity index (χ1) is 9.11. The van der Waals surface area contributed by atoms with Crippen molar-refractivity contribution in [1.82, 2.24) is 9.78 Å². The molecular weight excluding hydrogens is 264 g/mol. The fourth-order valence-corrected chi connectivity index (χ4v) is 2.71. The lowest BCUT2D eigenvalue weighted by atomic mass is 9.92. The highest BCUT2D eigenvalue weighted by Gasteiger charge is 2.46. The first-order valence-corrected chi connectivity index (χ1v) is 6.50. The van der Waals surface area contributed by atoms with Gasteiger partial charge in [0.2, 0.25) is 0 Å². The van der Waals surface area contributed by atoms with E-state index < -0.39 is 5.97 Å². The molecule has 1 saturated carbocycles. The fraction of sp³-hybridized carbons (Fsp3) is 0.286. The Kier molecular flexibility index (Phi) is 2.82. The van der Waals surface area contributed by atoms with E-state index in [0.717, 1.165) is 24.1 Å². The van der Waals surface area contributed by atoms with E-state index in [2.05, 4.69) is 5.10 Å². The van der Waals surface area contributed by atoms with Crippen LogP contribution in [0.2, 0.25) is 5.02 Å². The molecule has 0 bridgehead atoms. The first-order valence-electron chi connectivity index (χ1n) is 6.13. The van der Waals surface area contributed by atoms with Crippen molar-refractivity contribution in [2.45, 2.75) is 24.7 Å². The van der Waals surface area contributed by atoms with Crippen LogP contribution in [0.15, 0.2) is 36.7 Å². The molecule has 19 heavy (non-hydrogen) atoms. The Balaban J connectivity index is 1.94. The smallest absolute Gasteiger partial charge is 0.304 e. The van der Waals surface area contributed by atoms with Gasteiger partial charge in [-0.3, -0.25) is 4.79 Å². The number of hydrogen-bond donors (Lipinski definition) is 1. The summed E-state index contributed by atoms with van der Waals surface area (Å²) >= 11 is 6.28. The van der Waals surface area contributed by atoms with Crippen LogP contribution >= 0.6 is 11.6 Å². The lowest BCUT2D eigenvalue weighted by Crippen LogP contribution is -2.13. The third-order valence-electron chi connectivity index (χ3n) is 3.65. The van der Waals surface area contributed by atoms with Gasteiger partial charge in [-0.25, -0.2) is 4.68 Å². The third kappa shape index (κ3) is 2.24. The van der Waals surface area contributed by atoms with Gasteiger partial charge in [0, 0.05) is 17.8 Å². The molecule has 3 rings (SSSR count). The van der Waals surface area contributed by atoms with E-state index in [0.29, 0.717) is 5.02 Å². The van der Waals surface area contributed by atoms with Crippen molar-refractivity contribution in [3.63, 3.8) is 0 Å². The van der Waals surface area contributed by atoms with Gasteiger partial charge in [0.25, 0.3) is 0 Å². The Hall–Kier alpha value is -1.81. The van der Waals surface area contributed by atoms with E-state index in [9.17, 15) is 4.79 Å². The molecule has 1 heterocycles. The van der Waals surface area contributed by atoms with Crippen molar-refractivity contribution < 1.29 is 9.90 Å². The Bertz CT molecular complexity index is 618. The lowest BCUT2D eigenvalue weighted by Gasteiger charge is -2.15. The summed E-state index contributed by atoms with van der Waals surface area (Å²) in [6.07, 6.45) is 5.51. The Labute approximate surface area is 115 Å². The first kappa shape index (κ1) is 12.2. The number of benzene rings is 1. The Morgan fingerprint density at radius 3 is 2.79 bits per heavy atom. The number of aromatic nitrogens is 2. The number of halogens is 1. The molecule has 1 aliphatic rings. The average molecular weight is 277 g/mol. The predicted octanol–water partition coefficient (Wildman–Crippen LogP) is 3.03. The maximum Gasteiger partial charge on any atom is 0.304 e. The normalized spacial score (nSPS) is 16.3. The Morgan fingerprint density at radius 2 is 2.26 bits per heavy atom. The summed E-state index contributed by atoms with van der Waals surface area (Å²) in [4.78, 5) is 10.9. The van der Waals surface area contributed by atoms with Gasteiger partial charge in [-0.2, -0.15) is 5.10 Å². The van der Waals surface area contributed by atoms with Gasteiger partial charge in [0.05, 0.1) is 17.1 Å². The van der Waals surface area contributed by atoms with Gasteiger partial charge in [0.1, 0.15) is 0 Å². The minimum atomic E-state index is -0.759. The van der Waals surface area contributed by atoms with Crippen molar-refractivity contribution in [3.05, 3.63) is 47.2 Å². The molecule has 1 aromatic heterocycles. The van der Waals surface area contributed by atoms with Crippen molar-refractivity contribution in [2.75, 3.05) is 0 Å². The van der Waals surface area contributed by atoms with Gasteiger partial charge in [0.15, 0.2) is 0 Å². The van der Waals surface area contributed by atoms with Gasteiger partial charge in [-0.15, -0.1) is 0 Å². The minimum absolute atomic E-state index is 0.171. The van der Waals surface area contributed by atoms with Crippen LogP contribution in [0.3, 0.4) is 0 Å². The number of carboxylic acids is 1. The summed E-state index contributed by atoms with van der Waals surface area (Å²) in [5, 5.41) is 13.7. The number of carboxylic acid groups (broad SMARTS) is 1. The average Bonchev–Trinajstić information content (AvgIpc) is 2.93. The van der Waals surface area contributed by atoms with Gasteiger partial charge < -0.3 is 5.11 Å². The molecule has 98 valence electrons. The SMILES string of the molecule is O=C(O)CC1(c2ccc(-n3cccn3)c(Cl)c2)CC1. The maximum absolute atomic E-state index is 10.9. The largest absolute Gasteiger partial charge is 0.481 e. The zero-order valence-corrected chi connectivity index (χ0v) is 11.0. The van der Waals surface area contributed by atoms with Crippen molar-refractivity contribution in [3.8, 4) is 5.69 Å². The van der Waals surface area contributed by atoms with Gasteiger partial charge >= 0.3 is 5.97 Å². The molecule has 1 aliphatic carbocycles. The van der Waals surface area contributed by atoms with Crippen LogP contribution in [-0.4, -0.2) is 20.9 Å². The predicted molar refractivity (Wildman–Crippen MR) is 71.7 cm³/mol. The van der Waals surface area contributed by atoms with E-state index in [1.807, 2.05) is 30.5 Å². The van der Waals surface area contributed by atoms with Crippen LogP contribution in [0.25, 0.3) is 5.69 Å². The maximum atomic E-state index is 10.9. The van der Waals surface area contributed by atoms with E-state index in [-0.39, 0.29) is 11.8 Å². The zero-order valence-electron chi connectivity index (χ0n) is 10.2. The number of rotatable bonds is 4. The molecule has 0 spiro atoms. The highest BCUT2D eigenvalue weighted by Crippen LogP contribution is 2.51. The molecule has 2 aromatic rings.